The third kappa shape index (κ3) is 4.51. The lowest BCUT2D eigenvalue weighted by Gasteiger charge is -2.22. The molecule has 0 aliphatic carbocycles. The first-order valence-corrected chi connectivity index (χ1v) is 7.23. The van der Waals surface area contributed by atoms with Gasteiger partial charge in [-0.25, -0.2) is 0 Å². The molecule has 0 spiro atoms. The van der Waals surface area contributed by atoms with Gasteiger partial charge in [-0.15, -0.1) is 0 Å². The van der Waals surface area contributed by atoms with Crippen LogP contribution in [0, 0.1) is 0 Å². The van der Waals surface area contributed by atoms with Crippen LogP contribution >= 0.6 is 11.9 Å². The van der Waals surface area contributed by atoms with Gasteiger partial charge in [0, 0.05) is 12.9 Å². The molecule has 0 aromatic heterocycles. The highest BCUT2D eigenvalue weighted by molar-refractivity contribution is 8.00. The van der Waals surface area contributed by atoms with Gasteiger partial charge < -0.3 is 19.9 Å². The maximum Gasteiger partial charge on any atom is 0.165 e. The number of ether oxygens (including phenoxy) is 2. The molecule has 1 rings (SSSR count). The Morgan fingerprint density at radius 2 is 1.95 bits per heavy atom. The van der Waals surface area contributed by atoms with Crippen LogP contribution in [0.15, 0.2) is 12.1 Å². The number of rotatable bonds is 6. The molecule has 5 heteroatoms. The van der Waals surface area contributed by atoms with E-state index in [0.29, 0.717) is 18.0 Å². The second-order valence-electron chi connectivity index (χ2n) is 5.34. The maximum absolute atomic E-state index is 6.06. The largest absolute Gasteiger partial charge is 0.492 e. The quantitative estimate of drug-likeness (QED) is 0.477. The molecule has 108 valence electrons. The van der Waals surface area contributed by atoms with Crippen LogP contribution in [0.2, 0.25) is 0 Å². The summed E-state index contributed by atoms with van der Waals surface area (Å²) in [4.78, 5) is 0. The molecule has 0 fully saturated rings. The van der Waals surface area contributed by atoms with Crippen LogP contribution < -0.4 is 15.2 Å². The summed E-state index contributed by atoms with van der Waals surface area (Å²) >= 11 is 1.58. The molecule has 0 heterocycles. The predicted octanol–water partition coefficient (Wildman–Crippen LogP) is 3.28. The van der Waals surface area contributed by atoms with Crippen molar-refractivity contribution in [3.05, 3.63) is 17.7 Å². The molecule has 0 atom stereocenters. The zero-order valence-corrected chi connectivity index (χ0v) is 13.2. The summed E-state index contributed by atoms with van der Waals surface area (Å²) < 4.78 is 13.7. The number of methoxy groups -OCH3 is 2. The van der Waals surface area contributed by atoms with E-state index in [1.807, 2.05) is 6.07 Å². The Morgan fingerprint density at radius 1 is 1.26 bits per heavy atom. The maximum atomic E-state index is 6.06. The highest BCUT2D eigenvalue weighted by Gasteiger charge is 2.18. The van der Waals surface area contributed by atoms with Crippen molar-refractivity contribution in [2.24, 2.45) is 0 Å². The van der Waals surface area contributed by atoms with Crippen molar-refractivity contribution in [2.45, 2.75) is 26.2 Å². The van der Waals surface area contributed by atoms with Crippen LogP contribution in [0.1, 0.15) is 26.3 Å². The van der Waals surface area contributed by atoms with Gasteiger partial charge in [-0.1, -0.05) is 32.7 Å². The van der Waals surface area contributed by atoms with Crippen molar-refractivity contribution in [1.82, 2.24) is 0 Å². The summed E-state index contributed by atoms with van der Waals surface area (Å²) in [6, 6.07) is 4.07. The van der Waals surface area contributed by atoms with Crippen LogP contribution in [-0.2, 0) is 10.2 Å². The predicted molar refractivity (Wildman–Crippen MR) is 84.1 cm³/mol. The fourth-order valence-electron chi connectivity index (χ4n) is 1.64. The van der Waals surface area contributed by atoms with Crippen molar-refractivity contribution < 1.29 is 9.47 Å². The van der Waals surface area contributed by atoms with E-state index in [2.05, 4.69) is 31.6 Å². The van der Waals surface area contributed by atoms with E-state index in [0.717, 1.165) is 11.4 Å². The Hall–Kier alpha value is -1.07. The van der Waals surface area contributed by atoms with Crippen LogP contribution in [0.25, 0.3) is 0 Å². The molecule has 4 nitrogen and oxygen atoms in total. The van der Waals surface area contributed by atoms with Gasteiger partial charge in [-0.05, 0) is 23.1 Å². The molecule has 0 saturated carbocycles. The number of nitrogens with two attached hydrogens (primary N) is 1. The number of nitrogens with one attached hydrogen (secondary N) is 1. The molecule has 0 bridgehead atoms. The summed E-state index contributed by atoms with van der Waals surface area (Å²) in [5, 5.41) is 0. The Morgan fingerprint density at radius 3 is 2.47 bits per heavy atom. The molecular weight excluding hydrogens is 260 g/mol. The number of hydrogen-bond donors (Lipinski definition) is 2. The molecule has 0 unspecified atom stereocenters. The molecule has 0 aliphatic rings. The first kappa shape index (κ1) is 16.0. The summed E-state index contributed by atoms with van der Waals surface area (Å²) in [6.45, 7) is 7.19. The normalized spacial score (nSPS) is 11.4. The van der Waals surface area contributed by atoms with Gasteiger partial charge in [0.25, 0.3) is 0 Å². The van der Waals surface area contributed by atoms with E-state index in [9.17, 15) is 0 Å². The van der Waals surface area contributed by atoms with E-state index >= 15 is 0 Å². The van der Waals surface area contributed by atoms with Crippen LogP contribution in [0.3, 0.4) is 0 Å². The summed E-state index contributed by atoms with van der Waals surface area (Å²) in [7, 11) is 3.33. The number of anilines is 2. The Balaban J connectivity index is 2.95. The topological polar surface area (TPSA) is 56.5 Å². The SMILES string of the molecule is COCCSNc1cc(C(C)(C)C)cc(N)c1OC. The lowest BCUT2D eigenvalue weighted by atomic mass is 9.86. The van der Waals surface area contributed by atoms with Gasteiger partial charge in [-0.2, -0.15) is 0 Å². The molecule has 0 aliphatic heterocycles. The monoisotopic (exact) mass is 284 g/mol. The average Bonchev–Trinajstić information content (AvgIpc) is 2.33. The number of nitrogen functional groups attached to an aromatic ring is 1. The van der Waals surface area contributed by atoms with Gasteiger partial charge in [0.1, 0.15) is 0 Å². The van der Waals surface area contributed by atoms with Crippen molar-refractivity contribution in [2.75, 3.05) is 37.0 Å². The lowest BCUT2D eigenvalue weighted by Crippen LogP contribution is -2.12. The fourth-order valence-corrected chi connectivity index (χ4v) is 2.30. The third-order valence-electron chi connectivity index (χ3n) is 2.76. The number of hydrogen-bond acceptors (Lipinski definition) is 5. The van der Waals surface area contributed by atoms with Crippen LogP contribution in [0.5, 0.6) is 5.75 Å². The van der Waals surface area contributed by atoms with E-state index in [1.165, 1.54) is 5.56 Å². The minimum absolute atomic E-state index is 0.0496. The average molecular weight is 284 g/mol. The molecule has 1 aromatic carbocycles. The van der Waals surface area contributed by atoms with Gasteiger partial charge in [0.05, 0.1) is 25.1 Å². The Bertz CT molecular complexity index is 417. The minimum Gasteiger partial charge on any atom is -0.492 e. The molecule has 3 N–H and O–H groups in total. The number of benzene rings is 1. The highest BCUT2D eigenvalue weighted by atomic mass is 32.2. The van der Waals surface area contributed by atoms with E-state index in [1.54, 1.807) is 26.2 Å². The van der Waals surface area contributed by atoms with Crippen LogP contribution in [-0.4, -0.2) is 26.6 Å². The smallest absolute Gasteiger partial charge is 0.165 e. The molecule has 0 amide bonds. The zero-order valence-electron chi connectivity index (χ0n) is 12.4. The van der Waals surface area contributed by atoms with Crippen molar-refractivity contribution in [3.63, 3.8) is 0 Å². The minimum atomic E-state index is 0.0496. The standard InChI is InChI=1S/C14H24N2O2S/c1-14(2,3)10-8-11(15)13(18-5)12(9-10)16-19-7-6-17-4/h8-9,16H,6-7,15H2,1-5H3. The molecular formula is C14H24N2O2S. The first-order chi connectivity index (χ1) is 8.90. The highest BCUT2D eigenvalue weighted by Crippen LogP contribution is 2.37. The second-order valence-corrected chi connectivity index (χ2v) is 6.24. The summed E-state index contributed by atoms with van der Waals surface area (Å²) in [5.74, 6) is 1.55. The zero-order chi connectivity index (χ0) is 14.5. The third-order valence-corrected chi connectivity index (χ3v) is 3.49. The van der Waals surface area contributed by atoms with Gasteiger partial charge in [-0.3, -0.25) is 0 Å². The molecule has 1 aromatic rings. The summed E-state index contributed by atoms with van der Waals surface area (Å²) in [5.41, 5.74) is 8.86. The van der Waals surface area contributed by atoms with Crippen molar-refractivity contribution in [1.29, 1.82) is 0 Å². The Labute approximate surface area is 120 Å². The van der Waals surface area contributed by atoms with E-state index in [-0.39, 0.29) is 5.41 Å². The van der Waals surface area contributed by atoms with Crippen LogP contribution in [0.4, 0.5) is 11.4 Å². The van der Waals surface area contributed by atoms with Crippen molar-refractivity contribution in [3.8, 4) is 5.75 Å². The van der Waals surface area contributed by atoms with E-state index < -0.39 is 0 Å². The van der Waals surface area contributed by atoms with Gasteiger partial charge in [0.15, 0.2) is 5.75 Å². The first-order valence-electron chi connectivity index (χ1n) is 6.25. The van der Waals surface area contributed by atoms with Gasteiger partial charge >= 0.3 is 0 Å². The summed E-state index contributed by atoms with van der Waals surface area (Å²) in [6.07, 6.45) is 0. The fraction of sp³-hybridized carbons (Fsp3) is 0.571. The lowest BCUT2D eigenvalue weighted by molar-refractivity contribution is 0.219. The Kier molecular flexibility index (Phi) is 5.82. The molecule has 0 radical (unpaired) electrons. The molecule has 19 heavy (non-hydrogen) atoms. The van der Waals surface area contributed by atoms with E-state index in [4.69, 9.17) is 15.2 Å². The molecule has 0 saturated heterocycles. The van der Waals surface area contributed by atoms with Crippen molar-refractivity contribution >= 4 is 23.3 Å². The van der Waals surface area contributed by atoms with Gasteiger partial charge in [0.2, 0.25) is 0 Å². The second kappa shape index (κ2) is 6.91.